The summed E-state index contributed by atoms with van der Waals surface area (Å²) in [6, 6.07) is 8.13. The van der Waals surface area contributed by atoms with Crippen LogP contribution in [0.5, 0.6) is 0 Å². The van der Waals surface area contributed by atoms with E-state index in [0.717, 1.165) is 0 Å². The molecule has 1 aliphatic heterocycles. The zero-order valence-corrected chi connectivity index (χ0v) is 13.7. The lowest BCUT2D eigenvalue weighted by Crippen LogP contribution is -2.45. The first-order valence-electron chi connectivity index (χ1n) is 7.68. The number of nitriles is 1. The van der Waals surface area contributed by atoms with Crippen LogP contribution in [-0.4, -0.2) is 37.8 Å². The summed E-state index contributed by atoms with van der Waals surface area (Å²) in [6.45, 7) is 0. The zero-order valence-electron chi connectivity index (χ0n) is 12.9. The minimum atomic E-state index is -3.10. The molecule has 2 N–H and O–H groups in total. The Kier molecular flexibility index (Phi) is 4.05. The fourth-order valence-electron chi connectivity index (χ4n) is 2.85. The second-order valence-electron chi connectivity index (χ2n) is 6.27. The van der Waals surface area contributed by atoms with Crippen molar-refractivity contribution in [1.29, 1.82) is 5.26 Å². The lowest BCUT2D eigenvalue weighted by molar-refractivity contribution is -0.134. The predicted octanol–water partition coefficient (Wildman–Crippen LogP) is 0.580. The van der Waals surface area contributed by atoms with Gasteiger partial charge in [-0.25, -0.2) is 8.42 Å². The number of benzene rings is 1. The van der Waals surface area contributed by atoms with Crippen LogP contribution >= 0.6 is 0 Å². The van der Waals surface area contributed by atoms with Gasteiger partial charge in [0, 0.05) is 6.04 Å². The van der Waals surface area contributed by atoms with Gasteiger partial charge in [0.2, 0.25) is 11.8 Å². The summed E-state index contributed by atoms with van der Waals surface area (Å²) < 4.78 is 22.9. The highest BCUT2D eigenvalue weighted by atomic mass is 32.2. The summed E-state index contributed by atoms with van der Waals surface area (Å²) >= 11 is 0. The Hall–Kier alpha value is -2.40. The van der Waals surface area contributed by atoms with Crippen LogP contribution in [-0.2, 0) is 19.4 Å². The third-order valence-electron chi connectivity index (χ3n) is 4.48. The fourth-order valence-corrected chi connectivity index (χ4v) is 4.52. The van der Waals surface area contributed by atoms with Gasteiger partial charge in [-0.05, 0) is 31.4 Å². The van der Waals surface area contributed by atoms with E-state index in [-0.39, 0.29) is 11.5 Å². The number of carbonyl (C=O) groups is 2. The highest BCUT2D eigenvalue weighted by Crippen LogP contribution is 2.47. The van der Waals surface area contributed by atoms with Gasteiger partial charge in [-0.1, -0.05) is 12.1 Å². The molecular weight excluding hydrogens is 330 g/mol. The first kappa shape index (κ1) is 16.5. The maximum absolute atomic E-state index is 12.5. The number of nitrogens with zero attached hydrogens (tertiary/aromatic N) is 1. The summed E-state index contributed by atoms with van der Waals surface area (Å²) in [7, 11) is -3.10. The third-order valence-corrected chi connectivity index (χ3v) is 6.25. The van der Waals surface area contributed by atoms with Crippen molar-refractivity contribution in [3.8, 4) is 6.07 Å². The normalized spacial score (nSPS) is 23.0. The Labute approximate surface area is 140 Å². The van der Waals surface area contributed by atoms with Gasteiger partial charge in [-0.2, -0.15) is 5.26 Å². The van der Waals surface area contributed by atoms with Crippen molar-refractivity contribution < 1.29 is 18.0 Å². The molecule has 1 saturated carbocycles. The topological polar surface area (TPSA) is 116 Å². The molecule has 0 aromatic heterocycles. The quantitative estimate of drug-likeness (QED) is 0.773. The first-order valence-corrected chi connectivity index (χ1v) is 9.50. The molecule has 7 nitrogen and oxygen atoms in total. The molecule has 3 rings (SSSR count). The molecule has 8 heteroatoms. The first-order chi connectivity index (χ1) is 11.4. The summed E-state index contributed by atoms with van der Waals surface area (Å²) in [5.74, 6) is -0.902. The number of sulfone groups is 1. The number of para-hydroxylation sites is 1. The van der Waals surface area contributed by atoms with Crippen molar-refractivity contribution in [2.45, 2.75) is 25.3 Å². The fraction of sp³-hybridized carbons (Fsp3) is 0.438. The van der Waals surface area contributed by atoms with E-state index in [0.29, 0.717) is 30.5 Å². The Morgan fingerprint density at radius 3 is 2.50 bits per heavy atom. The van der Waals surface area contributed by atoms with E-state index >= 15 is 0 Å². The van der Waals surface area contributed by atoms with E-state index in [9.17, 15) is 18.0 Å². The molecule has 2 aliphatic rings. The van der Waals surface area contributed by atoms with Gasteiger partial charge < -0.3 is 10.6 Å². The number of anilines is 1. The molecule has 1 atom stereocenters. The Morgan fingerprint density at radius 1 is 1.21 bits per heavy atom. The molecule has 24 heavy (non-hydrogen) atoms. The highest BCUT2D eigenvalue weighted by Gasteiger charge is 2.57. The predicted molar refractivity (Wildman–Crippen MR) is 86.7 cm³/mol. The van der Waals surface area contributed by atoms with Crippen molar-refractivity contribution in [2.24, 2.45) is 5.41 Å². The largest absolute Gasteiger partial charge is 0.351 e. The molecule has 1 aromatic rings. The number of hydrogen-bond acceptors (Lipinski definition) is 5. The van der Waals surface area contributed by atoms with Gasteiger partial charge in [0.1, 0.15) is 11.5 Å². The number of amides is 2. The summed E-state index contributed by atoms with van der Waals surface area (Å²) in [5, 5.41) is 14.4. The lowest BCUT2D eigenvalue weighted by Gasteiger charge is -2.18. The Bertz CT molecular complexity index is 837. The molecule has 1 heterocycles. The van der Waals surface area contributed by atoms with E-state index < -0.39 is 33.1 Å². The van der Waals surface area contributed by atoms with Crippen molar-refractivity contribution in [2.75, 3.05) is 16.8 Å². The van der Waals surface area contributed by atoms with E-state index in [1.807, 2.05) is 6.07 Å². The van der Waals surface area contributed by atoms with Gasteiger partial charge in [0.05, 0.1) is 22.8 Å². The molecule has 0 bridgehead atoms. The van der Waals surface area contributed by atoms with Crippen LogP contribution in [0, 0.1) is 16.7 Å². The lowest BCUT2D eigenvalue weighted by atomic mass is 10.0. The van der Waals surface area contributed by atoms with Crippen LogP contribution in [0.1, 0.15) is 24.8 Å². The van der Waals surface area contributed by atoms with Crippen molar-refractivity contribution in [3.05, 3.63) is 29.8 Å². The van der Waals surface area contributed by atoms with E-state index in [4.69, 9.17) is 5.26 Å². The summed E-state index contributed by atoms with van der Waals surface area (Å²) in [6.07, 6.45) is 1.21. The molecule has 1 unspecified atom stereocenters. The number of nitrogens with one attached hydrogen (secondary N) is 2. The minimum Gasteiger partial charge on any atom is -0.351 e. The third kappa shape index (κ3) is 3.12. The van der Waals surface area contributed by atoms with Crippen molar-refractivity contribution in [1.82, 2.24) is 5.32 Å². The number of hydrogen-bond donors (Lipinski definition) is 2. The standard InChI is InChI=1S/C16H17N3O4S/c17-9-11-3-1-2-4-13(11)19-15(21)16(6-7-16)14(20)18-12-5-8-24(22,23)10-12/h1-4,12H,5-8,10H2,(H,18,20)(H,19,21). The van der Waals surface area contributed by atoms with Crippen LogP contribution in [0.2, 0.25) is 0 Å². The Morgan fingerprint density at radius 2 is 1.92 bits per heavy atom. The van der Waals surface area contributed by atoms with Gasteiger partial charge in [-0.15, -0.1) is 0 Å². The average Bonchev–Trinajstić information content (AvgIpc) is 3.28. The molecule has 0 spiro atoms. The molecule has 1 saturated heterocycles. The van der Waals surface area contributed by atoms with Crippen LogP contribution in [0.3, 0.4) is 0 Å². The molecule has 1 aromatic carbocycles. The number of rotatable bonds is 4. The second-order valence-corrected chi connectivity index (χ2v) is 8.50. The van der Waals surface area contributed by atoms with Crippen LogP contribution in [0.4, 0.5) is 5.69 Å². The summed E-state index contributed by atoms with van der Waals surface area (Å²) in [5.41, 5.74) is -0.467. The van der Waals surface area contributed by atoms with Crippen molar-refractivity contribution in [3.63, 3.8) is 0 Å². The maximum atomic E-state index is 12.5. The molecule has 0 radical (unpaired) electrons. The van der Waals surface area contributed by atoms with Crippen LogP contribution in [0.15, 0.2) is 24.3 Å². The van der Waals surface area contributed by atoms with Crippen LogP contribution < -0.4 is 10.6 Å². The van der Waals surface area contributed by atoms with E-state index in [1.165, 1.54) is 0 Å². The zero-order chi connectivity index (χ0) is 17.4. The van der Waals surface area contributed by atoms with E-state index in [2.05, 4.69) is 10.6 Å². The Balaban J connectivity index is 1.68. The van der Waals surface area contributed by atoms with Gasteiger partial charge >= 0.3 is 0 Å². The van der Waals surface area contributed by atoms with E-state index in [1.54, 1.807) is 24.3 Å². The molecule has 2 fully saturated rings. The van der Waals surface area contributed by atoms with Crippen LogP contribution in [0.25, 0.3) is 0 Å². The minimum absolute atomic E-state index is 0.0622. The molecule has 126 valence electrons. The molecule has 1 aliphatic carbocycles. The van der Waals surface area contributed by atoms with Gasteiger partial charge in [0.15, 0.2) is 9.84 Å². The second kappa shape index (κ2) is 5.91. The van der Waals surface area contributed by atoms with Gasteiger partial charge in [0.25, 0.3) is 0 Å². The highest BCUT2D eigenvalue weighted by molar-refractivity contribution is 7.91. The molecular formula is C16H17N3O4S. The number of carbonyl (C=O) groups excluding carboxylic acids is 2. The smallest absolute Gasteiger partial charge is 0.240 e. The average molecular weight is 347 g/mol. The summed E-state index contributed by atoms with van der Waals surface area (Å²) in [4.78, 5) is 25.0. The van der Waals surface area contributed by atoms with Crippen molar-refractivity contribution >= 4 is 27.3 Å². The maximum Gasteiger partial charge on any atom is 0.240 e. The van der Waals surface area contributed by atoms with Gasteiger partial charge in [-0.3, -0.25) is 9.59 Å². The SMILES string of the molecule is N#Cc1ccccc1NC(=O)C1(C(=O)NC2CCS(=O)(=O)C2)CC1. The molecule has 2 amide bonds. The monoisotopic (exact) mass is 347 g/mol.